The molecule has 2 aromatic carbocycles. The van der Waals surface area contributed by atoms with Gasteiger partial charge in [-0.3, -0.25) is 0 Å². The van der Waals surface area contributed by atoms with Crippen molar-refractivity contribution in [2.45, 2.75) is 6.42 Å². The van der Waals surface area contributed by atoms with Crippen LogP contribution in [-0.4, -0.2) is 48.6 Å². The second-order valence-corrected chi connectivity index (χ2v) is 7.06. The van der Waals surface area contributed by atoms with E-state index in [1.165, 1.54) is 11.3 Å². The Morgan fingerprint density at radius 2 is 1.78 bits per heavy atom. The van der Waals surface area contributed by atoms with Crippen LogP contribution in [0.1, 0.15) is 5.56 Å². The molecule has 1 aliphatic rings. The number of hydrogen-bond acceptors (Lipinski definition) is 5. The second kappa shape index (κ2) is 7.76. The fraction of sp³-hybridized carbons (Fsp3) is 0.273. The monoisotopic (exact) mass is 359 g/mol. The maximum Gasteiger partial charge on any atom is 0.225 e. The highest BCUT2D eigenvalue weighted by molar-refractivity contribution is 5.72. The zero-order chi connectivity index (χ0) is 18.6. The number of fused-ring (bicyclic) bond motifs is 1. The van der Waals surface area contributed by atoms with Gasteiger partial charge in [0, 0.05) is 37.0 Å². The lowest BCUT2D eigenvalue weighted by Gasteiger charge is -2.20. The number of para-hydroxylation sites is 1. The molecule has 0 amide bonds. The molecule has 0 atom stereocenters. The quantitative estimate of drug-likeness (QED) is 0.725. The Bertz CT molecular complexity index is 908. The lowest BCUT2D eigenvalue weighted by molar-refractivity contribution is 0.425. The van der Waals surface area contributed by atoms with Gasteiger partial charge in [0.05, 0.1) is 5.69 Å². The first-order valence-corrected chi connectivity index (χ1v) is 9.39. The summed E-state index contributed by atoms with van der Waals surface area (Å²) in [5.41, 5.74) is 4.66. The largest absolute Gasteiger partial charge is 0.353 e. The summed E-state index contributed by atoms with van der Waals surface area (Å²) in [4.78, 5) is 14.0. The molecule has 1 aliphatic heterocycles. The molecule has 0 aliphatic carbocycles. The lowest BCUT2D eigenvalue weighted by atomic mass is 10.1. The maximum atomic E-state index is 4.82. The number of nitrogens with one attached hydrogen (secondary N) is 1. The minimum absolute atomic E-state index is 0.678. The number of benzene rings is 2. The molecule has 1 aromatic heterocycles. The molecule has 2 heterocycles. The fourth-order valence-electron chi connectivity index (χ4n) is 3.38. The molecule has 0 fully saturated rings. The highest BCUT2D eigenvalue weighted by atomic mass is 15.2. The van der Waals surface area contributed by atoms with E-state index in [9.17, 15) is 0 Å². The van der Waals surface area contributed by atoms with Crippen LogP contribution >= 0.6 is 0 Å². The molecule has 0 saturated heterocycles. The Hall–Kier alpha value is -2.92. The van der Waals surface area contributed by atoms with Gasteiger partial charge in [-0.1, -0.05) is 48.5 Å². The molecule has 4 rings (SSSR count). The Kier molecular flexibility index (Phi) is 5.03. The van der Waals surface area contributed by atoms with Crippen LogP contribution in [0.4, 0.5) is 17.5 Å². The van der Waals surface area contributed by atoms with Crippen molar-refractivity contribution in [1.29, 1.82) is 0 Å². The Balaban J connectivity index is 1.70. The fourth-order valence-corrected chi connectivity index (χ4v) is 3.38. The van der Waals surface area contributed by atoms with Crippen molar-refractivity contribution in [2.24, 2.45) is 0 Å². The van der Waals surface area contributed by atoms with E-state index >= 15 is 0 Å². The van der Waals surface area contributed by atoms with Crippen LogP contribution in [0.3, 0.4) is 0 Å². The van der Waals surface area contributed by atoms with E-state index in [-0.39, 0.29) is 0 Å². The number of anilines is 3. The molecule has 3 aromatic rings. The highest BCUT2D eigenvalue weighted by Crippen LogP contribution is 2.35. The molecule has 5 nitrogen and oxygen atoms in total. The van der Waals surface area contributed by atoms with Crippen molar-refractivity contribution < 1.29 is 0 Å². The van der Waals surface area contributed by atoms with E-state index in [0.29, 0.717) is 5.95 Å². The molecule has 5 heteroatoms. The summed E-state index contributed by atoms with van der Waals surface area (Å²) in [5, 5.41) is 3.38. The first-order chi connectivity index (χ1) is 13.2. The predicted octanol–water partition coefficient (Wildman–Crippen LogP) is 3.81. The third-order valence-corrected chi connectivity index (χ3v) is 4.79. The van der Waals surface area contributed by atoms with Gasteiger partial charge in [-0.15, -0.1) is 0 Å². The van der Waals surface area contributed by atoms with Gasteiger partial charge < -0.3 is 15.1 Å². The molecule has 0 spiro atoms. The molecule has 0 bridgehead atoms. The number of aromatic nitrogens is 2. The van der Waals surface area contributed by atoms with Crippen LogP contribution in [0.15, 0.2) is 60.7 Å². The van der Waals surface area contributed by atoms with E-state index in [2.05, 4.69) is 71.7 Å². The third kappa shape index (κ3) is 3.93. The smallest absolute Gasteiger partial charge is 0.225 e. The molecule has 1 N–H and O–H groups in total. The third-order valence-electron chi connectivity index (χ3n) is 4.79. The average Bonchev–Trinajstić information content (AvgIpc) is 3.12. The normalized spacial score (nSPS) is 13.1. The van der Waals surface area contributed by atoms with Crippen LogP contribution in [0, 0.1) is 0 Å². The van der Waals surface area contributed by atoms with E-state index in [4.69, 9.17) is 9.97 Å². The summed E-state index contributed by atoms with van der Waals surface area (Å²) >= 11 is 0. The molecule has 138 valence electrons. The number of nitrogens with zero attached hydrogens (tertiary/aromatic N) is 4. The second-order valence-electron chi connectivity index (χ2n) is 7.06. The van der Waals surface area contributed by atoms with Crippen molar-refractivity contribution in [1.82, 2.24) is 14.9 Å². The van der Waals surface area contributed by atoms with E-state index in [1.807, 2.05) is 18.2 Å². The SMILES string of the molecule is CN(C)CCNc1nc(-c2ccccc2)cc(N2CCc3ccccc32)n1. The van der Waals surface area contributed by atoms with Crippen LogP contribution in [0.2, 0.25) is 0 Å². The van der Waals surface area contributed by atoms with Crippen LogP contribution < -0.4 is 10.2 Å². The van der Waals surface area contributed by atoms with Crippen molar-refractivity contribution in [2.75, 3.05) is 43.9 Å². The predicted molar refractivity (Wildman–Crippen MR) is 112 cm³/mol. The van der Waals surface area contributed by atoms with Gasteiger partial charge in [0.25, 0.3) is 0 Å². The Morgan fingerprint density at radius 1 is 1.00 bits per heavy atom. The lowest BCUT2D eigenvalue weighted by Crippen LogP contribution is -2.22. The van der Waals surface area contributed by atoms with Crippen molar-refractivity contribution in [3.63, 3.8) is 0 Å². The van der Waals surface area contributed by atoms with Gasteiger partial charge in [-0.25, -0.2) is 4.98 Å². The minimum Gasteiger partial charge on any atom is -0.353 e. The maximum absolute atomic E-state index is 4.82. The first-order valence-electron chi connectivity index (χ1n) is 9.39. The van der Waals surface area contributed by atoms with Crippen LogP contribution in [0.5, 0.6) is 0 Å². The van der Waals surface area contributed by atoms with Gasteiger partial charge in [-0.2, -0.15) is 4.98 Å². The Morgan fingerprint density at radius 3 is 2.59 bits per heavy atom. The summed E-state index contributed by atoms with van der Waals surface area (Å²) in [6.45, 7) is 2.68. The molecule has 0 saturated carbocycles. The number of hydrogen-bond donors (Lipinski definition) is 1. The van der Waals surface area contributed by atoms with E-state index < -0.39 is 0 Å². The molecular weight excluding hydrogens is 334 g/mol. The molecule has 0 radical (unpaired) electrons. The van der Waals surface area contributed by atoms with Crippen LogP contribution in [0.25, 0.3) is 11.3 Å². The molecular formula is C22H25N5. The summed E-state index contributed by atoms with van der Waals surface area (Å²) < 4.78 is 0. The summed E-state index contributed by atoms with van der Waals surface area (Å²) in [5.74, 6) is 1.62. The standard InChI is InChI=1S/C22H25N5/c1-26(2)15-13-23-22-24-19(17-8-4-3-5-9-17)16-21(25-22)27-14-12-18-10-6-7-11-20(18)27/h3-11,16H,12-15H2,1-2H3,(H,23,24,25). The summed E-state index contributed by atoms with van der Waals surface area (Å²) in [6, 6.07) is 21.0. The van der Waals surface area contributed by atoms with Gasteiger partial charge in [0.1, 0.15) is 5.82 Å². The zero-order valence-corrected chi connectivity index (χ0v) is 15.9. The van der Waals surface area contributed by atoms with E-state index in [0.717, 1.165) is 43.1 Å². The number of likely N-dealkylation sites (N-methyl/N-ethyl adjacent to an activating group) is 1. The summed E-state index contributed by atoms with van der Waals surface area (Å²) in [7, 11) is 4.13. The summed E-state index contributed by atoms with van der Waals surface area (Å²) in [6.07, 6.45) is 1.05. The minimum atomic E-state index is 0.678. The zero-order valence-electron chi connectivity index (χ0n) is 15.9. The Labute approximate surface area is 160 Å². The van der Waals surface area contributed by atoms with Gasteiger partial charge >= 0.3 is 0 Å². The molecule has 27 heavy (non-hydrogen) atoms. The highest BCUT2D eigenvalue weighted by Gasteiger charge is 2.22. The van der Waals surface area contributed by atoms with Gasteiger partial charge in [0.15, 0.2) is 0 Å². The average molecular weight is 359 g/mol. The van der Waals surface area contributed by atoms with E-state index in [1.54, 1.807) is 0 Å². The van der Waals surface area contributed by atoms with Gasteiger partial charge in [0.2, 0.25) is 5.95 Å². The topological polar surface area (TPSA) is 44.3 Å². The van der Waals surface area contributed by atoms with Gasteiger partial charge in [-0.05, 0) is 32.1 Å². The first kappa shape index (κ1) is 17.5. The van der Waals surface area contributed by atoms with Crippen molar-refractivity contribution >= 4 is 17.5 Å². The van der Waals surface area contributed by atoms with Crippen LogP contribution in [-0.2, 0) is 6.42 Å². The van der Waals surface area contributed by atoms with Crippen molar-refractivity contribution in [3.05, 3.63) is 66.2 Å². The number of rotatable bonds is 6. The molecule has 0 unspecified atom stereocenters. The van der Waals surface area contributed by atoms with Crippen molar-refractivity contribution in [3.8, 4) is 11.3 Å².